The second kappa shape index (κ2) is 5.54. The van der Waals surface area contributed by atoms with Gasteiger partial charge in [0.25, 0.3) is 0 Å². The number of piperidine rings is 1. The molecule has 18 heavy (non-hydrogen) atoms. The molecule has 98 valence electrons. The van der Waals surface area contributed by atoms with E-state index in [0.29, 0.717) is 11.9 Å². The molecule has 2 heterocycles. The van der Waals surface area contributed by atoms with Gasteiger partial charge in [-0.2, -0.15) is 0 Å². The maximum absolute atomic E-state index is 10.9. The quantitative estimate of drug-likeness (QED) is 0.878. The van der Waals surface area contributed by atoms with E-state index in [0.717, 1.165) is 25.9 Å². The molecule has 6 heteroatoms. The second-order valence-corrected chi connectivity index (χ2v) is 4.99. The summed E-state index contributed by atoms with van der Waals surface area (Å²) in [4.78, 5) is 17.2. The molecule has 1 aromatic rings. The third-order valence-corrected chi connectivity index (χ3v) is 3.33. The Morgan fingerprint density at radius 1 is 1.61 bits per heavy atom. The largest absolute Gasteiger partial charge is 0.476 e. The van der Waals surface area contributed by atoms with Crippen molar-refractivity contribution in [1.29, 1.82) is 0 Å². The summed E-state index contributed by atoms with van der Waals surface area (Å²) >= 11 is 5.78. The first-order chi connectivity index (χ1) is 8.56. The van der Waals surface area contributed by atoms with Crippen LogP contribution in [0.15, 0.2) is 12.1 Å². The number of nitrogens with zero attached hydrogens (tertiary/aromatic N) is 2. The molecular formula is C12H16ClN3O2. The summed E-state index contributed by atoms with van der Waals surface area (Å²) in [6.45, 7) is 2.04. The van der Waals surface area contributed by atoms with Crippen LogP contribution in [0.2, 0.25) is 5.02 Å². The third-order valence-electron chi connectivity index (χ3n) is 3.03. The van der Waals surface area contributed by atoms with E-state index in [4.69, 9.17) is 16.7 Å². The molecular weight excluding hydrogens is 254 g/mol. The molecule has 1 atom stereocenters. The number of rotatable bonds is 3. The molecule has 1 saturated heterocycles. The van der Waals surface area contributed by atoms with Crippen LogP contribution in [-0.4, -0.2) is 47.1 Å². The molecule has 1 aliphatic rings. The van der Waals surface area contributed by atoms with Gasteiger partial charge in [0.05, 0.1) is 5.02 Å². The molecule has 0 amide bonds. The van der Waals surface area contributed by atoms with Crippen LogP contribution >= 0.6 is 11.6 Å². The highest BCUT2D eigenvalue weighted by Gasteiger charge is 2.18. The number of carboxylic acid groups (broad SMARTS) is 1. The zero-order valence-corrected chi connectivity index (χ0v) is 10.9. The number of hydrogen-bond donors (Lipinski definition) is 2. The first-order valence-electron chi connectivity index (χ1n) is 5.91. The van der Waals surface area contributed by atoms with Gasteiger partial charge in [-0.1, -0.05) is 11.6 Å². The maximum atomic E-state index is 10.9. The number of hydrogen-bond acceptors (Lipinski definition) is 4. The number of aromatic carboxylic acids is 1. The lowest BCUT2D eigenvalue weighted by Gasteiger charge is -2.30. The molecule has 0 radical (unpaired) electrons. The Morgan fingerprint density at radius 2 is 2.39 bits per heavy atom. The normalized spacial score (nSPS) is 20.7. The number of carboxylic acids is 1. The highest BCUT2D eigenvalue weighted by Crippen LogP contribution is 2.19. The van der Waals surface area contributed by atoms with Crippen LogP contribution in [-0.2, 0) is 0 Å². The van der Waals surface area contributed by atoms with Gasteiger partial charge in [0, 0.05) is 12.6 Å². The van der Waals surface area contributed by atoms with Crippen molar-refractivity contribution in [3.63, 3.8) is 0 Å². The van der Waals surface area contributed by atoms with E-state index in [1.807, 2.05) is 0 Å². The van der Waals surface area contributed by atoms with Gasteiger partial charge in [-0.3, -0.25) is 0 Å². The fraction of sp³-hybridized carbons (Fsp3) is 0.500. The number of likely N-dealkylation sites (N-methyl/N-ethyl adjacent to an activating group) is 1. The van der Waals surface area contributed by atoms with Gasteiger partial charge < -0.3 is 15.3 Å². The SMILES string of the molecule is CN1CCCC(Nc2ccc(Cl)c(C(=O)O)n2)C1. The van der Waals surface area contributed by atoms with E-state index in [1.165, 1.54) is 0 Å². The molecule has 0 aliphatic carbocycles. The van der Waals surface area contributed by atoms with Crippen LogP contribution in [0.4, 0.5) is 5.82 Å². The summed E-state index contributed by atoms with van der Waals surface area (Å²) in [6, 6.07) is 3.58. The second-order valence-electron chi connectivity index (χ2n) is 4.58. The number of likely N-dealkylation sites (tertiary alicyclic amines) is 1. The van der Waals surface area contributed by atoms with Crippen molar-refractivity contribution >= 4 is 23.4 Å². The predicted octanol–water partition coefficient (Wildman–Crippen LogP) is 1.94. The first kappa shape index (κ1) is 13.1. The van der Waals surface area contributed by atoms with E-state index in [-0.39, 0.29) is 10.7 Å². The molecule has 2 rings (SSSR count). The Kier molecular flexibility index (Phi) is 4.04. The number of carbonyl (C=O) groups is 1. The van der Waals surface area contributed by atoms with Gasteiger partial charge in [0.2, 0.25) is 0 Å². The molecule has 0 spiro atoms. The van der Waals surface area contributed by atoms with Crippen molar-refractivity contribution < 1.29 is 9.90 Å². The molecule has 1 aromatic heterocycles. The minimum Gasteiger partial charge on any atom is -0.476 e. The number of halogens is 1. The van der Waals surface area contributed by atoms with E-state index in [1.54, 1.807) is 12.1 Å². The summed E-state index contributed by atoms with van der Waals surface area (Å²) in [5.74, 6) is -0.540. The number of aromatic nitrogens is 1. The van der Waals surface area contributed by atoms with Crippen molar-refractivity contribution in [2.75, 3.05) is 25.5 Å². The van der Waals surface area contributed by atoms with E-state index < -0.39 is 5.97 Å². The van der Waals surface area contributed by atoms with Gasteiger partial charge in [0.1, 0.15) is 5.82 Å². The van der Waals surface area contributed by atoms with E-state index >= 15 is 0 Å². The summed E-state index contributed by atoms with van der Waals surface area (Å²) < 4.78 is 0. The van der Waals surface area contributed by atoms with Crippen LogP contribution in [0, 0.1) is 0 Å². The minimum absolute atomic E-state index is 0.106. The molecule has 2 N–H and O–H groups in total. The summed E-state index contributed by atoms with van der Waals surface area (Å²) in [7, 11) is 2.08. The van der Waals surface area contributed by atoms with Crippen LogP contribution in [0.5, 0.6) is 0 Å². The third kappa shape index (κ3) is 3.11. The fourth-order valence-electron chi connectivity index (χ4n) is 2.17. The number of pyridine rings is 1. The smallest absolute Gasteiger partial charge is 0.356 e. The average Bonchev–Trinajstić information content (AvgIpc) is 2.31. The van der Waals surface area contributed by atoms with Gasteiger partial charge >= 0.3 is 5.97 Å². The highest BCUT2D eigenvalue weighted by atomic mass is 35.5. The van der Waals surface area contributed by atoms with Gasteiger partial charge in [-0.15, -0.1) is 0 Å². The molecule has 5 nitrogen and oxygen atoms in total. The lowest BCUT2D eigenvalue weighted by Crippen LogP contribution is -2.39. The molecule has 1 fully saturated rings. The summed E-state index contributed by atoms with van der Waals surface area (Å²) in [6.07, 6.45) is 2.20. The minimum atomic E-state index is -1.11. The Balaban J connectivity index is 2.09. The van der Waals surface area contributed by atoms with Gasteiger partial charge in [-0.05, 0) is 38.6 Å². The van der Waals surface area contributed by atoms with Crippen molar-refractivity contribution in [2.24, 2.45) is 0 Å². The van der Waals surface area contributed by atoms with Crippen molar-refractivity contribution in [2.45, 2.75) is 18.9 Å². The zero-order chi connectivity index (χ0) is 13.1. The lowest BCUT2D eigenvalue weighted by atomic mass is 10.1. The zero-order valence-electron chi connectivity index (χ0n) is 10.2. The van der Waals surface area contributed by atoms with Crippen LogP contribution in [0.25, 0.3) is 0 Å². The highest BCUT2D eigenvalue weighted by molar-refractivity contribution is 6.33. The van der Waals surface area contributed by atoms with Crippen LogP contribution in [0.3, 0.4) is 0 Å². The van der Waals surface area contributed by atoms with Crippen LogP contribution in [0.1, 0.15) is 23.3 Å². The Morgan fingerprint density at radius 3 is 3.06 bits per heavy atom. The molecule has 0 aromatic carbocycles. The Labute approximate surface area is 111 Å². The standard InChI is InChI=1S/C12H16ClN3O2/c1-16-6-2-3-8(7-16)14-10-5-4-9(13)11(15-10)12(17)18/h4-5,8H,2-3,6-7H2,1H3,(H,14,15)(H,17,18). The van der Waals surface area contributed by atoms with E-state index in [9.17, 15) is 4.79 Å². The first-order valence-corrected chi connectivity index (χ1v) is 6.29. The van der Waals surface area contributed by atoms with Crippen molar-refractivity contribution in [3.8, 4) is 0 Å². The Hall–Kier alpha value is -1.33. The van der Waals surface area contributed by atoms with Gasteiger partial charge in [-0.25, -0.2) is 9.78 Å². The molecule has 1 unspecified atom stereocenters. The Bertz CT molecular complexity index is 453. The predicted molar refractivity (Wildman–Crippen MR) is 70.3 cm³/mol. The van der Waals surface area contributed by atoms with Crippen molar-refractivity contribution in [1.82, 2.24) is 9.88 Å². The van der Waals surface area contributed by atoms with E-state index in [2.05, 4.69) is 22.2 Å². The fourth-order valence-corrected chi connectivity index (χ4v) is 2.35. The van der Waals surface area contributed by atoms with Crippen molar-refractivity contribution in [3.05, 3.63) is 22.8 Å². The maximum Gasteiger partial charge on any atom is 0.356 e. The number of anilines is 1. The summed E-state index contributed by atoms with van der Waals surface area (Å²) in [5.41, 5.74) is -0.106. The molecule has 0 saturated carbocycles. The number of nitrogens with one attached hydrogen (secondary N) is 1. The molecule has 0 bridgehead atoms. The summed E-state index contributed by atoms with van der Waals surface area (Å²) in [5, 5.41) is 12.4. The van der Waals surface area contributed by atoms with Gasteiger partial charge in [0.15, 0.2) is 5.69 Å². The monoisotopic (exact) mass is 269 g/mol. The lowest BCUT2D eigenvalue weighted by molar-refractivity contribution is 0.0691. The molecule has 1 aliphatic heterocycles. The topological polar surface area (TPSA) is 65.5 Å². The van der Waals surface area contributed by atoms with Crippen LogP contribution < -0.4 is 5.32 Å². The average molecular weight is 270 g/mol.